The van der Waals surface area contributed by atoms with Crippen LogP contribution in [-0.4, -0.2) is 20.8 Å². The van der Waals surface area contributed by atoms with Crippen LogP contribution >= 0.6 is 0 Å². The summed E-state index contributed by atoms with van der Waals surface area (Å²) in [6, 6.07) is 1.04. The fraction of sp³-hybridized carbons (Fsp3) is 0.308. The van der Waals surface area contributed by atoms with Crippen LogP contribution < -0.4 is 0 Å². The molecule has 2 rings (SSSR count). The van der Waals surface area contributed by atoms with Gasteiger partial charge in [-0.1, -0.05) is 5.21 Å². The molecule has 1 aromatic heterocycles. The quantitative estimate of drug-likeness (QED) is 0.618. The molecule has 0 spiro atoms. The van der Waals surface area contributed by atoms with Crippen LogP contribution in [0.5, 0.6) is 0 Å². The maximum Gasteiger partial charge on any atom is 0.416 e. The Morgan fingerprint density at radius 2 is 1.48 bits per heavy atom. The minimum Gasteiger partial charge on any atom is -0.293 e. The summed E-state index contributed by atoms with van der Waals surface area (Å²) in [5.74, 6) is -0.503. The molecule has 0 bridgehead atoms. The maximum absolute atomic E-state index is 12.8. The third kappa shape index (κ3) is 3.35. The molecule has 0 saturated carbocycles. The Balaban J connectivity index is 2.70. The van der Waals surface area contributed by atoms with Crippen molar-refractivity contribution in [3.8, 4) is 5.69 Å². The number of carbonyl (C=O) groups excluding carboxylic acids is 1. The molecular formula is C13H9F6N3O. The van der Waals surface area contributed by atoms with Gasteiger partial charge in [0.15, 0.2) is 11.5 Å². The molecule has 10 heteroatoms. The third-order valence-electron chi connectivity index (χ3n) is 3.05. The Labute approximate surface area is 125 Å². The Morgan fingerprint density at radius 3 is 1.83 bits per heavy atom. The molecule has 4 nitrogen and oxygen atoms in total. The molecule has 2 aromatic rings. The lowest BCUT2D eigenvalue weighted by Crippen LogP contribution is -2.13. The zero-order chi connectivity index (χ0) is 17.6. The predicted molar refractivity (Wildman–Crippen MR) is 66.1 cm³/mol. The lowest BCUT2D eigenvalue weighted by Gasteiger charge is -2.14. The number of Topliss-reactive ketones (excluding diaryl/α,β-unsaturated/α-hetero) is 1. The fourth-order valence-corrected chi connectivity index (χ4v) is 1.96. The van der Waals surface area contributed by atoms with E-state index >= 15 is 0 Å². The van der Waals surface area contributed by atoms with Gasteiger partial charge in [0, 0.05) is 6.92 Å². The van der Waals surface area contributed by atoms with Crippen molar-refractivity contribution in [2.24, 2.45) is 0 Å². The molecule has 0 aliphatic carbocycles. The van der Waals surface area contributed by atoms with E-state index in [0.29, 0.717) is 12.1 Å². The van der Waals surface area contributed by atoms with Crippen LogP contribution in [0, 0.1) is 6.92 Å². The number of ketones is 1. The first-order valence-electron chi connectivity index (χ1n) is 6.14. The molecule has 0 amide bonds. The van der Waals surface area contributed by atoms with E-state index in [4.69, 9.17) is 0 Å². The predicted octanol–water partition coefficient (Wildman–Crippen LogP) is 3.82. The molecule has 0 aliphatic rings. The Kier molecular flexibility index (Phi) is 3.95. The summed E-state index contributed by atoms with van der Waals surface area (Å²) in [4.78, 5) is 11.3. The molecule has 0 saturated heterocycles. The fourth-order valence-electron chi connectivity index (χ4n) is 1.96. The van der Waals surface area contributed by atoms with Crippen molar-refractivity contribution in [2.75, 3.05) is 0 Å². The van der Waals surface area contributed by atoms with Gasteiger partial charge in [-0.15, -0.1) is 5.10 Å². The van der Waals surface area contributed by atoms with Crippen molar-refractivity contribution >= 4 is 5.78 Å². The number of alkyl halides is 6. The van der Waals surface area contributed by atoms with Crippen LogP contribution in [0.2, 0.25) is 0 Å². The van der Waals surface area contributed by atoms with E-state index in [-0.39, 0.29) is 17.5 Å². The van der Waals surface area contributed by atoms with Gasteiger partial charge in [-0.2, -0.15) is 26.3 Å². The monoisotopic (exact) mass is 337 g/mol. The van der Waals surface area contributed by atoms with Crippen molar-refractivity contribution < 1.29 is 31.1 Å². The van der Waals surface area contributed by atoms with E-state index in [1.807, 2.05) is 0 Å². The lowest BCUT2D eigenvalue weighted by atomic mass is 10.1. The van der Waals surface area contributed by atoms with Gasteiger partial charge in [0.05, 0.1) is 22.5 Å². The highest BCUT2D eigenvalue weighted by Gasteiger charge is 2.37. The van der Waals surface area contributed by atoms with Crippen LogP contribution in [0.4, 0.5) is 26.3 Å². The Hall–Kier alpha value is -2.39. The molecule has 124 valence electrons. The van der Waals surface area contributed by atoms with E-state index in [1.54, 1.807) is 0 Å². The van der Waals surface area contributed by atoms with Gasteiger partial charge >= 0.3 is 12.4 Å². The van der Waals surface area contributed by atoms with Gasteiger partial charge in [-0.25, -0.2) is 4.68 Å². The standard InChI is InChI=1S/C13H9F6N3O/c1-6-11(7(2)23)20-21-22(6)10-4-8(12(14,15)16)3-9(5-10)13(17,18)19/h3-5H,1-2H3. The topological polar surface area (TPSA) is 47.8 Å². The third-order valence-corrected chi connectivity index (χ3v) is 3.05. The number of hydrogen-bond donors (Lipinski definition) is 0. The van der Waals surface area contributed by atoms with Crippen molar-refractivity contribution in [1.82, 2.24) is 15.0 Å². The number of aromatic nitrogens is 3. The minimum absolute atomic E-state index is 0.0155. The molecule has 23 heavy (non-hydrogen) atoms. The number of rotatable bonds is 2. The first-order chi connectivity index (χ1) is 10.4. The second kappa shape index (κ2) is 5.36. The molecule has 0 aliphatic heterocycles. The molecule has 0 atom stereocenters. The average molecular weight is 337 g/mol. The molecule has 0 fully saturated rings. The first kappa shape index (κ1) is 17.0. The summed E-state index contributed by atoms with van der Waals surface area (Å²) in [6.45, 7) is 2.49. The van der Waals surface area contributed by atoms with E-state index in [9.17, 15) is 31.1 Å². The number of benzene rings is 1. The summed E-state index contributed by atoms with van der Waals surface area (Å²) < 4.78 is 77.7. The summed E-state index contributed by atoms with van der Waals surface area (Å²) in [5, 5.41) is 6.94. The number of halogens is 6. The summed E-state index contributed by atoms with van der Waals surface area (Å²) in [7, 11) is 0. The molecule has 1 aromatic carbocycles. The van der Waals surface area contributed by atoms with E-state index < -0.39 is 35.0 Å². The smallest absolute Gasteiger partial charge is 0.293 e. The van der Waals surface area contributed by atoms with Crippen LogP contribution in [0.15, 0.2) is 18.2 Å². The average Bonchev–Trinajstić information content (AvgIpc) is 2.78. The van der Waals surface area contributed by atoms with E-state index in [1.165, 1.54) is 6.92 Å². The summed E-state index contributed by atoms with van der Waals surface area (Å²) in [6.07, 6.45) is -9.93. The second-order valence-electron chi connectivity index (χ2n) is 4.76. The molecule has 0 unspecified atom stereocenters. The molecule has 1 heterocycles. The Bertz CT molecular complexity index is 728. The van der Waals surface area contributed by atoms with Gasteiger partial charge < -0.3 is 0 Å². The van der Waals surface area contributed by atoms with Crippen LogP contribution in [-0.2, 0) is 12.4 Å². The van der Waals surface area contributed by atoms with Crippen LogP contribution in [0.1, 0.15) is 34.2 Å². The maximum atomic E-state index is 12.8. The zero-order valence-electron chi connectivity index (χ0n) is 11.7. The lowest BCUT2D eigenvalue weighted by molar-refractivity contribution is -0.143. The van der Waals surface area contributed by atoms with Gasteiger partial charge in [0.25, 0.3) is 0 Å². The summed E-state index contributed by atoms with van der Waals surface area (Å²) >= 11 is 0. The number of hydrogen-bond acceptors (Lipinski definition) is 3. The van der Waals surface area contributed by atoms with Gasteiger partial charge in [-0.3, -0.25) is 4.79 Å². The van der Waals surface area contributed by atoms with Crippen molar-refractivity contribution in [3.05, 3.63) is 40.7 Å². The second-order valence-corrected chi connectivity index (χ2v) is 4.76. The van der Waals surface area contributed by atoms with Crippen molar-refractivity contribution in [3.63, 3.8) is 0 Å². The highest BCUT2D eigenvalue weighted by atomic mass is 19.4. The Morgan fingerprint density at radius 1 is 1.00 bits per heavy atom. The number of carbonyl (C=O) groups is 1. The number of nitrogens with zero attached hydrogens (tertiary/aromatic N) is 3. The normalized spacial score (nSPS) is 12.5. The van der Waals surface area contributed by atoms with Gasteiger partial charge in [0.1, 0.15) is 0 Å². The van der Waals surface area contributed by atoms with E-state index in [0.717, 1.165) is 11.6 Å². The molecule has 0 N–H and O–H groups in total. The van der Waals surface area contributed by atoms with Crippen molar-refractivity contribution in [1.29, 1.82) is 0 Å². The molecular weight excluding hydrogens is 328 g/mol. The van der Waals surface area contributed by atoms with Crippen LogP contribution in [0.25, 0.3) is 5.69 Å². The largest absolute Gasteiger partial charge is 0.416 e. The zero-order valence-corrected chi connectivity index (χ0v) is 11.7. The van der Waals surface area contributed by atoms with Gasteiger partial charge in [-0.05, 0) is 25.1 Å². The van der Waals surface area contributed by atoms with Crippen molar-refractivity contribution in [2.45, 2.75) is 26.2 Å². The van der Waals surface area contributed by atoms with E-state index in [2.05, 4.69) is 10.3 Å². The first-order valence-corrected chi connectivity index (χ1v) is 6.14. The minimum atomic E-state index is -4.96. The SMILES string of the molecule is CC(=O)c1nnn(-c2cc(C(F)(F)F)cc(C(F)(F)F)c2)c1C. The van der Waals surface area contributed by atoms with Crippen LogP contribution in [0.3, 0.4) is 0 Å². The highest BCUT2D eigenvalue weighted by molar-refractivity contribution is 5.93. The molecule has 0 radical (unpaired) electrons. The summed E-state index contributed by atoms with van der Waals surface area (Å²) in [5.41, 5.74) is -3.51. The highest BCUT2D eigenvalue weighted by Crippen LogP contribution is 2.37. The van der Waals surface area contributed by atoms with Gasteiger partial charge in [0.2, 0.25) is 0 Å².